The van der Waals surface area contributed by atoms with Gasteiger partial charge in [-0.2, -0.15) is 0 Å². The third-order valence-electron chi connectivity index (χ3n) is 6.03. The lowest BCUT2D eigenvalue weighted by Crippen LogP contribution is -2.40. The minimum absolute atomic E-state index is 0.0793. The first-order valence-electron chi connectivity index (χ1n) is 11.5. The van der Waals surface area contributed by atoms with Gasteiger partial charge < -0.3 is 14.8 Å². The van der Waals surface area contributed by atoms with Gasteiger partial charge in [-0.15, -0.1) is 0 Å². The van der Waals surface area contributed by atoms with Crippen LogP contribution in [0.4, 0.5) is 0 Å². The zero-order chi connectivity index (χ0) is 22.9. The summed E-state index contributed by atoms with van der Waals surface area (Å²) in [5.74, 6) is 1.48. The van der Waals surface area contributed by atoms with E-state index >= 15 is 0 Å². The fourth-order valence-electron chi connectivity index (χ4n) is 4.16. The Hall–Kier alpha value is -3.38. The number of hydrogen-bond donors (Lipinski definition) is 1. The van der Waals surface area contributed by atoms with Gasteiger partial charge in [0.25, 0.3) is 5.91 Å². The van der Waals surface area contributed by atoms with Crippen LogP contribution in [0.25, 0.3) is 0 Å². The topological polar surface area (TPSA) is 63.7 Å². The summed E-state index contributed by atoms with van der Waals surface area (Å²) in [5, 5.41) is 3.14. The third-order valence-corrected chi connectivity index (χ3v) is 6.03. The monoisotopic (exact) mass is 445 g/mol. The molecule has 1 unspecified atom stereocenters. The summed E-state index contributed by atoms with van der Waals surface area (Å²) in [7, 11) is 1.67. The molecule has 2 heterocycles. The van der Waals surface area contributed by atoms with E-state index in [1.165, 1.54) is 24.8 Å². The second-order valence-electron chi connectivity index (χ2n) is 8.27. The predicted octanol–water partition coefficient (Wildman–Crippen LogP) is 4.63. The number of likely N-dealkylation sites (tertiary alicyclic amines) is 1. The van der Waals surface area contributed by atoms with Crippen LogP contribution >= 0.6 is 0 Å². The van der Waals surface area contributed by atoms with Crippen molar-refractivity contribution in [2.24, 2.45) is 0 Å². The van der Waals surface area contributed by atoms with Crippen molar-refractivity contribution in [2.75, 3.05) is 26.7 Å². The Balaban J connectivity index is 1.37. The second kappa shape index (κ2) is 11.5. The number of carbonyl (C=O) groups is 1. The maximum absolute atomic E-state index is 12.9. The quantitative estimate of drug-likeness (QED) is 0.520. The fraction of sp³-hybridized carbons (Fsp3) is 0.333. The number of pyridine rings is 1. The first-order valence-corrected chi connectivity index (χ1v) is 11.5. The molecule has 1 saturated heterocycles. The van der Waals surface area contributed by atoms with Crippen molar-refractivity contribution in [2.45, 2.75) is 31.9 Å². The molecule has 1 atom stereocenters. The molecule has 4 rings (SSSR count). The largest absolute Gasteiger partial charge is 0.497 e. The molecule has 1 aliphatic rings. The van der Waals surface area contributed by atoms with Gasteiger partial charge in [0.05, 0.1) is 13.2 Å². The molecule has 6 nitrogen and oxygen atoms in total. The number of piperidine rings is 1. The first-order chi connectivity index (χ1) is 16.2. The Morgan fingerprint density at radius 1 is 1.00 bits per heavy atom. The van der Waals surface area contributed by atoms with Crippen LogP contribution in [0.1, 0.15) is 46.8 Å². The SMILES string of the molecule is COc1ccc(C(CNC(=O)c2ccc(OCc3cccnc3)cc2)N2CCCCC2)cc1. The molecule has 0 bridgehead atoms. The van der Waals surface area contributed by atoms with Crippen LogP contribution < -0.4 is 14.8 Å². The average Bonchev–Trinajstić information content (AvgIpc) is 2.89. The van der Waals surface area contributed by atoms with E-state index in [2.05, 4.69) is 27.3 Å². The molecule has 6 heteroatoms. The Bertz CT molecular complexity index is 1000. The number of carbonyl (C=O) groups excluding carboxylic acids is 1. The highest BCUT2D eigenvalue weighted by atomic mass is 16.5. The van der Waals surface area contributed by atoms with Crippen LogP contribution in [-0.4, -0.2) is 42.5 Å². The number of methoxy groups -OCH3 is 1. The molecule has 0 saturated carbocycles. The molecular weight excluding hydrogens is 414 g/mol. The Morgan fingerprint density at radius 2 is 1.73 bits per heavy atom. The lowest BCUT2D eigenvalue weighted by Gasteiger charge is -2.35. The molecule has 2 aromatic carbocycles. The maximum Gasteiger partial charge on any atom is 0.251 e. The lowest BCUT2D eigenvalue weighted by molar-refractivity contribution is 0.0924. The van der Waals surface area contributed by atoms with E-state index in [9.17, 15) is 4.79 Å². The van der Waals surface area contributed by atoms with Gasteiger partial charge in [-0.3, -0.25) is 14.7 Å². The van der Waals surface area contributed by atoms with Crippen molar-refractivity contribution in [1.29, 1.82) is 0 Å². The van der Waals surface area contributed by atoms with Crippen molar-refractivity contribution in [3.63, 3.8) is 0 Å². The smallest absolute Gasteiger partial charge is 0.251 e. The molecule has 0 spiro atoms. The van der Waals surface area contributed by atoms with Crippen LogP contribution in [0.15, 0.2) is 73.1 Å². The van der Waals surface area contributed by atoms with E-state index in [1.54, 1.807) is 31.6 Å². The first kappa shape index (κ1) is 22.8. The molecule has 1 fully saturated rings. The standard InChI is InChI=1S/C27H31N3O3/c1-32-24-11-7-22(8-12-24)26(30-16-3-2-4-17-30)19-29-27(31)23-9-13-25(14-10-23)33-20-21-6-5-15-28-18-21/h5-15,18,26H,2-4,16-17,19-20H2,1H3,(H,29,31). The number of ether oxygens (including phenoxy) is 2. The van der Waals surface area contributed by atoms with Crippen molar-refractivity contribution in [3.05, 3.63) is 89.7 Å². The van der Waals surface area contributed by atoms with E-state index in [-0.39, 0.29) is 11.9 Å². The summed E-state index contributed by atoms with van der Waals surface area (Å²) < 4.78 is 11.1. The Morgan fingerprint density at radius 3 is 2.39 bits per heavy atom. The molecule has 0 radical (unpaired) electrons. The zero-order valence-electron chi connectivity index (χ0n) is 19.1. The predicted molar refractivity (Wildman–Crippen MR) is 129 cm³/mol. The van der Waals surface area contributed by atoms with Gasteiger partial charge in [-0.05, 0) is 74.0 Å². The molecule has 1 aromatic heterocycles. The van der Waals surface area contributed by atoms with E-state index < -0.39 is 0 Å². The second-order valence-corrected chi connectivity index (χ2v) is 8.27. The molecule has 172 valence electrons. The molecule has 3 aromatic rings. The van der Waals surface area contributed by atoms with Gasteiger partial charge in [0.15, 0.2) is 0 Å². The highest BCUT2D eigenvalue weighted by Crippen LogP contribution is 2.26. The van der Waals surface area contributed by atoms with Crippen molar-refractivity contribution >= 4 is 5.91 Å². The van der Waals surface area contributed by atoms with Gasteiger partial charge in [0.1, 0.15) is 18.1 Å². The highest BCUT2D eigenvalue weighted by Gasteiger charge is 2.23. The van der Waals surface area contributed by atoms with Gasteiger partial charge in [0, 0.05) is 30.1 Å². The van der Waals surface area contributed by atoms with Crippen molar-refractivity contribution < 1.29 is 14.3 Å². The van der Waals surface area contributed by atoms with Gasteiger partial charge in [-0.25, -0.2) is 0 Å². The fourth-order valence-corrected chi connectivity index (χ4v) is 4.16. The summed E-state index contributed by atoms with van der Waals surface area (Å²) >= 11 is 0. The van der Waals surface area contributed by atoms with E-state index in [0.717, 1.165) is 30.2 Å². The number of aromatic nitrogens is 1. The number of rotatable bonds is 9. The Labute approximate surface area is 195 Å². The molecule has 1 amide bonds. The van der Waals surface area contributed by atoms with Crippen LogP contribution in [0, 0.1) is 0 Å². The number of nitrogens with one attached hydrogen (secondary N) is 1. The van der Waals surface area contributed by atoms with Crippen LogP contribution in [0.2, 0.25) is 0 Å². The van der Waals surface area contributed by atoms with Gasteiger partial charge >= 0.3 is 0 Å². The van der Waals surface area contributed by atoms with Crippen molar-refractivity contribution in [1.82, 2.24) is 15.2 Å². The van der Waals surface area contributed by atoms with Crippen molar-refractivity contribution in [3.8, 4) is 11.5 Å². The summed E-state index contributed by atoms with van der Waals surface area (Å²) in [5.41, 5.74) is 2.81. The molecular formula is C27H31N3O3. The molecule has 1 N–H and O–H groups in total. The molecule has 1 aliphatic heterocycles. The molecule has 33 heavy (non-hydrogen) atoms. The van der Waals surface area contributed by atoms with Crippen LogP contribution in [0.3, 0.4) is 0 Å². The number of benzene rings is 2. The van der Waals surface area contributed by atoms with E-state index in [1.807, 2.05) is 36.4 Å². The molecule has 0 aliphatic carbocycles. The normalized spacial score (nSPS) is 14.9. The van der Waals surface area contributed by atoms with Gasteiger partial charge in [-0.1, -0.05) is 24.6 Å². The van der Waals surface area contributed by atoms with Crippen LogP contribution in [0.5, 0.6) is 11.5 Å². The number of amides is 1. The maximum atomic E-state index is 12.9. The summed E-state index contributed by atoms with van der Waals surface area (Å²) in [6.45, 7) is 3.11. The van der Waals surface area contributed by atoms with Crippen LogP contribution in [-0.2, 0) is 6.61 Å². The van der Waals surface area contributed by atoms with E-state index in [0.29, 0.717) is 18.7 Å². The summed E-state index contributed by atoms with van der Waals surface area (Å²) in [4.78, 5) is 19.4. The zero-order valence-corrected chi connectivity index (χ0v) is 19.1. The average molecular weight is 446 g/mol. The number of nitrogens with zero attached hydrogens (tertiary/aromatic N) is 2. The van der Waals surface area contributed by atoms with E-state index in [4.69, 9.17) is 9.47 Å². The highest BCUT2D eigenvalue weighted by molar-refractivity contribution is 5.94. The van der Waals surface area contributed by atoms with Gasteiger partial charge in [0.2, 0.25) is 0 Å². The lowest BCUT2D eigenvalue weighted by atomic mass is 10.0. The Kier molecular flexibility index (Phi) is 7.93. The summed E-state index contributed by atoms with van der Waals surface area (Å²) in [6, 6.07) is 19.4. The summed E-state index contributed by atoms with van der Waals surface area (Å²) in [6.07, 6.45) is 7.18. The minimum atomic E-state index is -0.0793. The third kappa shape index (κ3) is 6.33. The minimum Gasteiger partial charge on any atom is -0.497 e. The number of hydrogen-bond acceptors (Lipinski definition) is 5.